The van der Waals surface area contributed by atoms with Crippen LogP contribution in [-0.4, -0.2) is 24.6 Å². The second-order valence-corrected chi connectivity index (χ2v) is 7.25. The molecule has 4 heteroatoms. The Hall–Kier alpha value is -2.85. The van der Waals surface area contributed by atoms with Gasteiger partial charge in [0.15, 0.2) is 0 Å². The van der Waals surface area contributed by atoms with E-state index in [9.17, 15) is 4.39 Å². The number of rotatable bonds is 7. The molecule has 1 heterocycles. The Morgan fingerprint density at radius 3 is 2.25 bits per heavy atom. The molecule has 4 atom stereocenters. The smallest absolute Gasteiger partial charge is 0.123 e. The predicted octanol–water partition coefficient (Wildman–Crippen LogP) is 5.43. The average Bonchev–Trinajstić information content (AvgIpc) is 3.54. The lowest BCUT2D eigenvalue weighted by Crippen LogP contribution is -2.21. The molecule has 1 unspecified atom stereocenters. The van der Waals surface area contributed by atoms with Crippen LogP contribution in [0.4, 0.5) is 10.1 Å². The molecule has 0 amide bonds. The number of ether oxygens (including phenoxy) is 1. The van der Waals surface area contributed by atoms with Crippen LogP contribution in [0.2, 0.25) is 0 Å². The third kappa shape index (κ3) is 4.02. The second-order valence-electron chi connectivity index (χ2n) is 7.25. The number of benzene rings is 3. The predicted molar refractivity (Wildman–Crippen MR) is 111 cm³/mol. The van der Waals surface area contributed by atoms with E-state index in [4.69, 9.17) is 4.74 Å². The molecule has 1 N–H and O–H groups in total. The summed E-state index contributed by atoms with van der Waals surface area (Å²) in [4.78, 5) is 2.47. The normalized spacial score (nSPS) is 20.2. The quantitative estimate of drug-likeness (QED) is 0.556. The number of halogens is 1. The topological polar surface area (TPSA) is 24.3 Å². The van der Waals surface area contributed by atoms with Crippen LogP contribution in [0.25, 0.3) is 0 Å². The summed E-state index contributed by atoms with van der Waals surface area (Å²) in [6.45, 7) is 3.24. The summed E-state index contributed by atoms with van der Waals surface area (Å²) in [5.74, 6) is 0.617. The van der Waals surface area contributed by atoms with Gasteiger partial charge in [-0.3, -0.25) is 4.90 Å². The maximum Gasteiger partial charge on any atom is 0.123 e. The van der Waals surface area contributed by atoms with Gasteiger partial charge >= 0.3 is 0 Å². The average molecular weight is 376 g/mol. The van der Waals surface area contributed by atoms with E-state index in [0.29, 0.717) is 12.1 Å². The lowest BCUT2D eigenvalue weighted by atomic mass is 10.0. The van der Waals surface area contributed by atoms with E-state index in [-0.39, 0.29) is 11.9 Å². The maximum atomic E-state index is 13.5. The lowest BCUT2D eigenvalue weighted by molar-refractivity contribution is 0.390. The van der Waals surface area contributed by atoms with Gasteiger partial charge in [-0.1, -0.05) is 42.5 Å². The van der Waals surface area contributed by atoms with Gasteiger partial charge in [0.2, 0.25) is 0 Å². The summed E-state index contributed by atoms with van der Waals surface area (Å²) >= 11 is 0. The maximum absolute atomic E-state index is 13.5. The Labute approximate surface area is 165 Å². The van der Waals surface area contributed by atoms with Crippen molar-refractivity contribution in [2.75, 3.05) is 19.0 Å². The molecule has 3 aromatic carbocycles. The fraction of sp³-hybridized carbons (Fsp3) is 0.250. The van der Waals surface area contributed by atoms with Crippen molar-refractivity contribution in [2.24, 2.45) is 0 Å². The minimum atomic E-state index is -0.211. The molecule has 0 radical (unpaired) electrons. The van der Waals surface area contributed by atoms with Crippen LogP contribution in [0.15, 0.2) is 78.9 Å². The number of hydrogen-bond donors (Lipinski definition) is 1. The van der Waals surface area contributed by atoms with Gasteiger partial charge in [0.25, 0.3) is 0 Å². The van der Waals surface area contributed by atoms with Gasteiger partial charge in [-0.2, -0.15) is 0 Å². The largest absolute Gasteiger partial charge is 0.497 e. The van der Waals surface area contributed by atoms with Crippen molar-refractivity contribution in [1.29, 1.82) is 0 Å². The van der Waals surface area contributed by atoms with Crippen LogP contribution in [-0.2, 0) is 0 Å². The standard InChI is InChI=1S/C24H25FN2O/c1-17(18-6-4-3-5-7-18)27-16-23(27)24(19-8-10-20(25)11-9-19)26-21-12-14-22(28-2)15-13-21/h3-15,17,23-24,26H,16H2,1-2H3/t17-,23-,24-,27?/m1/s1. The zero-order valence-corrected chi connectivity index (χ0v) is 16.2. The number of anilines is 1. The molecule has 0 spiro atoms. The van der Waals surface area contributed by atoms with Gasteiger partial charge in [-0.15, -0.1) is 0 Å². The van der Waals surface area contributed by atoms with Crippen molar-refractivity contribution in [2.45, 2.75) is 25.0 Å². The first-order valence-electron chi connectivity index (χ1n) is 9.62. The SMILES string of the molecule is COc1ccc(N[C@H](c2ccc(F)cc2)[C@H]2CN2[C@H](C)c2ccccc2)cc1. The minimum absolute atomic E-state index is 0.0835. The molecule has 4 rings (SSSR count). The Bertz CT molecular complexity index is 896. The van der Waals surface area contributed by atoms with E-state index in [0.717, 1.165) is 23.5 Å². The molecule has 1 aliphatic rings. The molecule has 1 saturated heterocycles. The molecule has 0 bridgehead atoms. The highest BCUT2D eigenvalue weighted by Gasteiger charge is 2.44. The van der Waals surface area contributed by atoms with E-state index < -0.39 is 0 Å². The first-order valence-corrected chi connectivity index (χ1v) is 9.62. The monoisotopic (exact) mass is 376 g/mol. The summed E-state index contributed by atoms with van der Waals surface area (Å²) in [5.41, 5.74) is 3.42. The Kier molecular flexibility index (Phi) is 5.31. The van der Waals surface area contributed by atoms with Crippen molar-refractivity contribution in [1.82, 2.24) is 4.90 Å². The molecule has 1 aliphatic heterocycles. The van der Waals surface area contributed by atoms with Crippen LogP contribution in [0.3, 0.4) is 0 Å². The molecule has 144 valence electrons. The fourth-order valence-electron chi connectivity index (χ4n) is 3.77. The van der Waals surface area contributed by atoms with E-state index >= 15 is 0 Å². The number of hydrogen-bond acceptors (Lipinski definition) is 3. The second kappa shape index (κ2) is 8.03. The lowest BCUT2D eigenvalue weighted by Gasteiger charge is -2.23. The van der Waals surface area contributed by atoms with Gasteiger partial charge < -0.3 is 10.1 Å². The van der Waals surface area contributed by atoms with Crippen LogP contribution in [0, 0.1) is 5.82 Å². The van der Waals surface area contributed by atoms with Crippen molar-refractivity contribution in [3.8, 4) is 5.75 Å². The third-order valence-electron chi connectivity index (χ3n) is 5.50. The van der Waals surface area contributed by atoms with Gasteiger partial charge in [-0.05, 0) is 54.4 Å². The van der Waals surface area contributed by atoms with Crippen LogP contribution in [0.1, 0.15) is 30.1 Å². The van der Waals surface area contributed by atoms with Crippen LogP contribution in [0.5, 0.6) is 5.75 Å². The highest BCUT2D eigenvalue weighted by molar-refractivity contribution is 5.49. The molecular weight excluding hydrogens is 351 g/mol. The van der Waals surface area contributed by atoms with Gasteiger partial charge in [0.1, 0.15) is 11.6 Å². The van der Waals surface area contributed by atoms with Crippen molar-refractivity contribution in [3.05, 3.63) is 95.8 Å². The molecular formula is C24H25FN2O. The summed E-state index contributed by atoms with van der Waals surface area (Å²) in [6.07, 6.45) is 0. The summed E-state index contributed by atoms with van der Waals surface area (Å²) in [7, 11) is 1.66. The molecule has 0 aromatic heterocycles. The van der Waals surface area contributed by atoms with Crippen LogP contribution < -0.4 is 10.1 Å². The number of nitrogens with zero attached hydrogens (tertiary/aromatic N) is 1. The summed E-state index contributed by atoms with van der Waals surface area (Å²) < 4.78 is 18.7. The third-order valence-corrected chi connectivity index (χ3v) is 5.50. The fourth-order valence-corrected chi connectivity index (χ4v) is 3.77. The molecule has 1 fully saturated rings. The molecule has 3 nitrogen and oxygen atoms in total. The summed E-state index contributed by atoms with van der Waals surface area (Å²) in [6, 6.07) is 26.1. The highest BCUT2D eigenvalue weighted by atomic mass is 19.1. The molecule has 3 aromatic rings. The zero-order valence-electron chi connectivity index (χ0n) is 16.2. The van der Waals surface area contributed by atoms with Gasteiger partial charge in [0, 0.05) is 24.3 Å². The first-order chi connectivity index (χ1) is 13.7. The van der Waals surface area contributed by atoms with E-state index in [1.807, 2.05) is 42.5 Å². The Morgan fingerprint density at radius 1 is 0.929 bits per heavy atom. The van der Waals surface area contributed by atoms with Crippen LogP contribution >= 0.6 is 0 Å². The Morgan fingerprint density at radius 2 is 1.61 bits per heavy atom. The number of nitrogens with one attached hydrogen (secondary N) is 1. The molecule has 0 aliphatic carbocycles. The van der Waals surface area contributed by atoms with E-state index in [1.165, 1.54) is 17.7 Å². The van der Waals surface area contributed by atoms with Crippen molar-refractivity contribution >= 4 is 5.69 Å². The first kappa shape index (κ1) is 18.5. The van der Waals surface area contributed by atoms with Gasteiger partial charge in [-0.25, -0.2) is 4.39 Å². The Balaban J connectivity index is 1.56. The minimum Gasteiger partial charge on any atom is -0.497 e. The summed E-state index contributed by atoms with van der Waals surface area (Å²) in [5, 5.41) is 3.64. The van der Waals surface area contributed by atoms with Crippen molar-refractivity contribution in [3.63, 3.8) is 0 Å². The highest BCUT2D eigenvalue weighted by Crippen LogP contribution is 2.40. The van der Waals surface area contributed by atoms with E-state index in [2.05, 4.69) is 41.4 Å². The van der Waals surface area contributed by atoms with Crippen molar-refractivity contribution < 1.29 is 9.13 Å². The van der Waals surface area contributed by atoms with Gasteiger partial charge in [0.05, 0.1) is 13.2 Å². The molecule has 0 saturated carbocycles. The van der Waals surface area contributed by atoms with E-state index in [1.54, 1.807) is 7.11 Å². The molecule has 28 heavy (non-hydrogen) atoms. The number of methoxy groups -OCH3 is 1. The zero-order chi connectivity index (χ0) is 19.5.